The number of Topliss-reactive ketones (excluding diaryl/α,β-unsaturated/α-hetero) is 1. The average Bonchev–Trinajstić information content (AvgIpc) is 3.70. The predicted molar refractivity (Wildman–Crippen MR) is 203 cm³/mol. The number of benzene rings is 1. The number of pyridine rings is 2. The van der Waals surface area contributed by atoms with Gasteiger partial charge in [-0.05, 0) is 74.6 Å². The topological polar surface area (TPSA) is 161 Å². The predicted octanol–water partition coefficient (Wildman–Crippen LogP) is 4.83. The molecule has 2 N–H and O–H groups in total. The molecule has 0 bridgehead atoms. The van der Waals surface area contributed by atoms with Gasteiger partial charge in [-0.2, -0.15) is 4.98 Å². The zero-order chi connectivity index (χ0) is 37.5. The Morgan fingerprint density at radius 3 is 2.40 bits per heavy atom. The van der Waals surface area contributed by atoms with E-state index in [1.165, 1.54) is 13.0 Å². The van der Waals surface area contributed by atoms with Crippen LogP contribution in [-0.4, -0.2) is 89.0 Å². The first-order valence-corrected chi connectivity index (χ1v) is 18.0. The molecule has 0 spiro atoms. The van der Waals surface area contributed by atoms with Crippen LogP contribution in [0.1, 0.15) is 73.0 Å². The summed E-state index contributed by atoms with van der Waals surface area (Å²) in [6.07, 6.45) is 11.3. The minimum atomic E-state index is -0.288. The van der Waals surface area contributed by atoms with Crippen molar-refractivity contribution in [1.82, 2.24) is 29.7 Å². The van der Waals surface area contributed by atoms with E-state index in [0.29, 0.717) is 85.4 Å². The summed E-state index contributed by atoms with van der Waals surface area (Å²) >= 11 is 0. The summed E-state index contributed by atoms with van der Waals surface area (Å²) in [5.41, 5.74) is 2.78. The summed E-state index contributed by atoms with van der Waals surface area (Å²) < 4.78 is 12.2. The molecule has 2 amide bonds. The largest absolute Gasteiger partial charge is 0.493 e. The number of ketones is 1. The summed E-state index contributed by atoms with van der Waals surface area (Å²) in [5.74, 6) is 1.65. The van der Waals surface area contributed by atoms with Crippen molar-refractivity contribution < 1.29 is 23.9 Å². The number of anilines is 3. The Morgan fingerprint density at radius 2 is 1.72 bits per heavy atom. The third-order valence-corrected chi connectivity index (χ3v) is 9.94. The SMILES string of the molecule is COc1ccc(/C=C/C(=O)NCCCC(=O)N2CCN(c3ccc(Nc4ncc5c(C)c(C(C)=O)c(=O)n(C6CCCC6)c5n4)nc3)CC2)cc1OC. The molecular formula is C39H46N8O6. The van der Waals surface area contributed by atoms with E-state index in [9.17, 15) is 19.2 Å². The van der Waals surface area contributed by atoms with Crippen molar-refractivity contribution in [3.63, 3.8) is 0 Å². The Morgan fingerprint density at radius 1 is 0.962 bits per heavy atom. The molecule has 1 saturated carbocycles. The Kier molecular flexibility index (Phi) is 11.7. The number of fused-ring (bicyclic) bond motifs is 1. The van der Waals surface area contributed by atoms with Crippen LogP contribution in [0, 0.1) is 6.92 Å². The van der Waals surface area contributed by atoms with Gasteiger partial charge >= 0.3 is 0 Å². The number of aromatic nitrogens is 4. The second kappa shape index (κ2) is 16.7. The number of hydrogen-bond donors (Lipinski definition) is 2. The number of carbonyl (C=O) groups is 3. The van der Waals surface area contributed by atoms with Gasteiger partial charge in [0, 0.05) is 62.8 Å². The van der Waals surface area contributed by atoms with E-state index < -0.39 is 0 Å². The number of amides is 2. The molecule has 6 rings (SSSR count). The highest BCUT2D eigenvalue weighted by Gasteiger charge is 2.26. The fraction of sp³-hybridized carbons (Fsp3) is 0.410. The first kappa shape index (κ1) is 37.0. The molecular weight excluding hydrogens is 676 g/mol. The number of hydrogen-bond acceptors (Lipinski definition) is 11. The Bertz CT molecular complexity index is 2070. The minimum Gasteiger partial charge on any atom is -0.493 e. The van der Waals surface area contributed by atoms with Crippen LogP contribution < -0.4 is 30.6 Å². The average molecular weight is 723 g/mol. The molecule has 0 unspecified atom stereocenters. The number of nitrogens with zero attached hydrogens (tertiary/aromatic N) is 6. The Labute approximate surface area is 308 Å². The monoisotopic (exact) mass is 722 g/mol. The molecule has 14 heteroatoms. The van der Waals surface area contributed by atoms with Crippen molar-refractivity contribution >= 4 is 52.2 Å². The van der Waals surface area contributed by atoms with Crippen molar-refractivity contribution in [1.29, 1.82) is 0 Å². The molecule has 4 heterocycles. The molecule has 3 aromatic heterocycles. The lowest BCUT2D eigenvalue weighted by atomic mass is 10.0. The van der Waals surface area contributed by atoms with Crippen LogP contribution in [0.2, 0.25) is 0 Å². The number of aryl methyl sites for hydroxylation is 1. The van der Waals surface area contributed by atoms with Crippen LogP contribution in [-0.2, 0) is 9.59 Å². The van der Waals surface area contributed by atoms with E-state index >= 15 is 0 Å². The first-order chi connectivity index (χ1) is 25.7. The maximum Gasteiger partial charge on any atom is 0.263 e. The van der Waals surface area contributed by atoms with Crippen molar-refractivity contribution in [3.05, 3.63) is 75.8 Å². The maximum absolute atomic E-state index is 13.5. The second-order valence-corrected chi connectivity index (χ2v) is 13.3. The van der Waals surface area contributed by atoms with Crippen molar-refractivity contribution in [2.75, 3.05) is 57.2 Å². The number of methoxy groups -OCH3 is 2. The van der Waals surface area contributed by atoms with E-state index in [-0.39, 0.29) is 34.8 Å². The van der Waals surface area contributed by atoms with Gasteiger partial charge in [-0.1, -0.05) is 18.9 Å². The zero-order valence-corrected chi connectivity index (χ0v) is 30.7. The number of nitrogens with one attached hydrogen (secondary N) is 2. The van der Waals surface area contributed by atoms with Gasteiger partial charge in [-0.25, -0.2) is 9.97 Å². The fourth-order valence-electron chi connectivity index (χ4n) is 7.08. The highest BCUT2D eigenvalue weighted by atomic mass is 16.5. The highest BCUT2D eigenvalue weighted by Crippen LogP contribution is 2.32. The number of piperazine rings is 1. The summed E-state index contributed by atoms with van der Waals surface area (Å²) in [7, 11) is 3.13. The Hall–Kier alpha value is -5.79. The van der Waals surface area contributed by atoms with Gasteiger partial charge in [0.15, 0.2) is 17.3 Å². The minimum absolute atomic E-state index is 0.00199. The van der Waals surface area contributed by atoms with E-state index in [0.717, 1.165) is 36.9 Å². The van der Waals surface area contributed by atoms with Crippen LogP contribution in [0.5, 0.6) is 11.5 Å². The lowest BCUT2D eigenvalue weighted by molar-refractivity contribution is -0.131. The van der Waals surface area contributed by atoms with E-state index in [4.69, 9.17) is 14.5 Å². The summed E-state index contributed by atoms with van der Waals surface area (Å²) in [5, 5.41) is 6.70. The third-order valence-electron chi connectivity index (χ3n) is 9.94. The molecule has 1 aromatic carbocycles. The van der Waals surface area contributed by atoms with Gasteiger partial charge in [-0.3, -0.25) is 23.7 Å². The van der Waals surface area contributed by atoms with Crippen molar-refractivity contribution in [3.8, 4) is 11.5 Å². The number of rotatable bonds is 13. The first-order valence-electron chi connectivity index (χ1n) is 18.0. The molecule has 1 aliphatic heterocycles. The summed E-state index contributed by atoms with van der Waals surface area (Å²) in [4.78, 5) is 69.0. The molecule has 0 atom stereocenters. The molecule has 4 aromatic rings. The Balaban J connectivity index is 0.981. The third kappa shape index (κ3) is 8.48. The second-order valence-electron chi connectivity index (χ2n) is 13.3. The lowest BCUT2D eigenvalue weighted by Gasteiger charge is -2.36. The normalized spacial score (nSPS) is 14.9. The van der Waals surface area contributed by atoms with E-state index in [1.807, 2.05) is 23.1 Å². The summed E-state index contributed by atoms with van der Waals surface area (Å²) in [6, 6.07) is 9.22. The van der Waals surface area contributed by atoms with Crippen LogP contribution in [0.15, 0.2) is 53.6 Å². The number of ether oxygens (including phenoxy) is 2. The molecule has 14 nitrogen and oxygen atoms in total. The van der Waals surface area contributed by atoms with Gasteiger partial charge < -0.3 is 29.9 Å². The molecule has 2 fully saturated rings. The fourth-order valence-corrected chi connectivity index (χ4v) is 7.08. The maximum atomic E-state index is 13.5. The van der Waals surface area contributed by atoms with Gasteiger partial charge in [0.05, 0.1) is 31.7 Å². The molecule has 1 aliphatic carbocycles. The van der Waals surface area contributed by atoms with Crippen LogP contribution in [0.4, 0.5) is 17.5 Å². The van der Waals surface area contributed by atoms with Crippen molar-refractivity contribution in [2.45, 2.75) is 58.4 Å². The standard InChI is InChI=1S/C39H46N8O6/c1-25-30-24-42-39(44-37(30)47(28-8-5-6-9-28)38(51)36(25)26(2)48)43-33-15-13-29(23-41-33)45-18-20-46(21-19-45)35(50)10-7-17-40-34(49)16-12-27-11-14-31(52-3)32(22-27)53-4/h11-16,22-24,28H,5-10,17-21H2,1-4H3,(H,40,49)(H,41,42,43,44)/b16-12+. The zero-order valence-electron chi connectivity index (χ0n) is 30.7. The molecule has 0 radical (unpaired) electrons. The quantitative estimate of drug-likeness (QED) is 0.111. The van der Waals surface area contributed by atoms with Crippen LogP contribution >= 0.6 is 0 Å². The van der Waals surface area contributed by atoms with Gasteiger partial charge in [0.25, 0.3) is 5.56 Å². The molecule has 2 aliphatic rings. The smallest absolute Gasteiger partial charge is 0.263 e. The van der Waals surface area contributed by atoms with Gasteiger partial charge in [-0.15, -0.1) is 0 Å². The van der Waals surface area contributed by atoms with Crippen molar-refractivity contribution in [2.24, 2.45) is 0 Å². The van der Waals surface area contributed by atoms with Crippen LogP contribution in [0.25, 0.3) is 17.1 Å². The molecule has 1 saturated heterocycles. The lowest BCUT2D eigenvalue weighted by Crippen LogP contribution is -2.48. The van der Waals surface area contributed by atoms with E-state index in [1.54, 1.807) is 56.3 Å². The summed E-state index contributed by atoms with van der Waals surface area (Å²) in [6.45, 7) is 6.14. The van der Waals surface area contributed by atoms with Gasteiger partial charge in [0.1, 0.15) is 11.5 Å². The number of carbonyl (C=O) groups excluding carboxylic acids is 3. The molecule has 278 valence electrons. The van der Waals surface area contributed by atoms with E-state index in [2.05, 4.69) is 25.5 Å². The van der Waals surface area contributed by atoms with Crippen LogP contribution in [0.3, 0.4) is 0 Å². The van der Waals surface area contributed by atoms with Gasteiger partial charge in [0.2, 0.25) is 17.8 Å². The highest BCUT2D eigenvalue weighted by molar-refractivity contribution is 5.99. The molecule has 53 heavy (non-hydrogen) atoms.